The number of halogens is 1. The number of aliphatic carboxylic acids is 1. The lowest BCUT2D eigenvalue weighted by Crippen LogP contribution is -2.00. The van der Waals surface area contributed by atoms with Crippen molar-refractivity contribution in [3.05, 3.63) is 29.1 Å². The number of hydrogen-bond acceptors (Lipinski definition) is 2. The maximum absolute atomic E-state index is 13.4. The molecule has 0 aliphatic heterocycles. The molecule has 0 saturated heterocycles. The topological polar surface area (TPSA) is 37.3 Å². The van der Waals surface area contributed by atoms with Gasteiger partial charge >= 0.3 is 5.97 Å². The fraction of sp³-hybridized carbons (Fsp3) is 0.364. The fourth-order valence-electron chi connectivity index (χ4n) is 1.35. The van der Waals surface area contributed by atoms with Crippen molar-refractivity contribution < 1.29 is 14.3 Å². The van der Waals surface area contributed by atoms with E-state index in [0.29, 0.717) is 5.56 Å². The van der Waals surface area contributed by atoms with Gasteiger partial charge in [-0.25, -0.2) is 4.39 Å². The summed E-state index contributed by atoms with van der Waals surface area (Å²) in [5, 5.41) is 8.52. The van der Waals surface area contributed by atoms with Crippen LogP contribution in [-0.4, -0.2) is 17.3 Å². The Hall–Kier alpha value is -1.03. The largest absolute Gasteiger partial charge is 0.481 e. The molecule has 0 unspecified atom stereocenters. The van der Waals surface area contributed by atoms with E-state index in [4.69, 9.17) is 5.11 Å². The first kappa shape index (κ1) is 12.0. The molecule has 0 amide bonds. The van der Waals surface area contributed by atoms with E-state index in [1.54, 1.807) is 6.07 Å². The molecule has 0 bridgehead atoms. The van der Waals surface area contributed by atoms with E-state index in [1.807, 2.05) is 13.2 Å². The Morgan fingerprint density at radius 3 is 2.73 bits per heavy atom. The maximum atomic E-state index is 13.4. The van der Waals surface area contributed by atoms with Crippen LogP contribution >= 0.6 is 11.8 Å². The summed E-state index contributed by atoms with van der Waals surface area (Å²) in [6.07, 6.45) is 2.13. The Bertz CT molecular complexity index is 377. The van der Waals surface area contributed by atoms with E-state index >= 15 is 0 Å². The van der Waals surface area contributed by atoms with Crippen molar-refractivity contribution in [3.8, 4) is 0 Å². The van der Waals surface area contributed by atoms with Gasteiger partial charge in [0, 0.05) is 11.3 Å². The minimum absolute atomic E-state index is 0.0339. The van der Waals surface area contributed by atoms with Gasteiger partial charge in [0.1, 0.15) is 5.82 Å². The molecule has 0 radical (unpaired) electrons. The Morgan fingerprint density at radius 1 is 1.53 bits per heavy atom. The van der Waals surface area contributed by atoms with Crippen LogP contribution < -0.4 is 0 Å². The van der Waals surface area contributed by atoms with Gasteiger partial charge in [-0.3, -0.25) is 4.79 Å². The summed E-state index contributed by atoms with van der Waals surface area (Å²) < 4.78 is 13.4. The molecular formula is C11H13FO2S. The molecule has 2 nitrogen and oxygen atoms in total. The Balaban J connectivity index is 2.92. The van der Waals surface area contributed by atoms with Gasteiger partial charge < -0.3 is 5.11 Å². The van der Waals surface area contributed by atoms with E-state index in [-0.39, 0.29) is 18.7 Å². The molecule has 1 N–H and O–H groups in total. The lowest BCUT2D eigenvalue weighted by Gasteiger charge is -2.07. The van der Waals surface area contributed by atoms with Crippen molar-refractivity contribution in [2.45, 2.75) is 24.7 Å². The van der Waals surface area contributed by atoms with E-state index in [1.165, 1.54) is 17.8 Å². The molecule has 0 heterocycles. The molecule has 0 atom stereocenters. The lowest BCUT2D eigenvalue weighted by atomic mass is 10.1. The van der Waals surface area contributed by atoms with E-state index in [0.717, 1.165) is 10.5 Å². The van der Waals surface area contributed by atoms with Gasteiger partial charge in [0.25, 0.3) is 0 Å². The molecule has 15 heavy (non-hydrogen) atoms. The molecule has 1 aromatic carbocycles. The summed E-state index contributed by atoms with van der Waals surface area (Å²) in [4.78, 5) is 11.4. The van der Waals surface area contributed by atoms with Crippen LogP contribution in [0.25, 0.3) is 0 Å². The quantitative estimate of drug-likeness (QED) is 0.805. The third-order valence-electron chi connectivity index (χ3n) is 2.17. The first-order chi connectivity index (χ1) is 7.04. The molecule has 0 spiro atoms. The second-order valence-corrected chi connectivity index (χ2v) is 4.16. The molecule has 0 aliphatic carbocycles. The second kappa shape index (κ2) is 5.16. The number of carboxylic acid groups (broad SMARTS) is 1. The average Bonchev–Trinajstić information content (AvgIpc) is 2.16. The van der Waals surface area contributed by atoms with E-state index in [2.05, 4.69) is 0 Å². The molecule has 0 aliphatic rings. The predicted octanol–water partition coefficient (Wildman–Crippen LogP) is 2.87. The van der Waals surface area contributed by atoms with Crippen molar-refractivity contribution in [1.82, 2.24) is 0 Å². The monoisotopic (exact) mass is 228 g/mol. The molecule has 0 fully saturated rings. The SMILES string of the molecule is CSc1cc(CCC(=O)O)c(F)cc1C. The first-order valence-electron chi connectivity index (χ1n) is 4.59. The van der Waals surface area contributed by atoms with Crippen molar-refractivity contribution >= 4 is 17.7 Å². The van der Waals surface area contributed by atoms with Gasteiger partial charge in [0.05, 0.1) is 0 Å². The number of hydrogen-bond donors (Lipinski definition) is 1. The van der Waals surface area contributed by atoms with Crippen LogP contribution in [0.15, 0.2) is 17.0 Å². The second-order valence-electron chi connectivity index (χ2n) is 3.31. The standard InChI is InChI=1S/C11H13FO2S/c1-7-5-9(12)8(3-4-11(13)14)6-10(7)15-2/h5-6H,3-4H2,1-2H3,(H,13,14). The molecule has 0 aromatic heterocycles. The van der Waals surface area contributed by atoms with Gasteiger partial charge in [-0.15, -0.1) is 11.8 Å². The summed E-state index contributed by atoms with van der Waals surface area (Å²) >= 11 is 1.54. The molecule has 0 saturated carbocycles. The van der Waals surface area contributed by atoms with Crippen LogP contribution in [0.3, 0.4) is 0 Å². The Morgan fingerprint density at radius 2 is 2.20 bits per heavy atom. The third-order valence-corrected chi connectivity index (χ3v) is 3.05. The summed E-state index contributed by atoms with van der Waals surface area (Å²) in [6, 6.07) is 3.20. The lowest BCUT2D eigenvalue weighted by molar-refractivity contribution is -0.136. The zero-order valence-electron chi connectivity index (χ0n) is 8.71. The first-order valence-corrected chi connectivity index (χ1v) is 5.82. The minimum Gasteiger partial charge on any atom is -0.481 e. The van der Waals surface area contributed by atoms with Crippen molar-refractivity contribution in [1.29, 1.82) is 0 Å². The highest BCUT2D eigenvalue weighted by Crippen LogP contribution is 2.24. The minimum atomic E-state index is -0.902. The molecule has 1 aromatic rings. The Kier molecular flexibility index (Phi) is 4.15. The van der Waals surface area contributed by atoms with Crippen LogP contribution in [0, 0.1) is 12.7 Å². The zero-order valence-corrected chi connectivity index (χ0v) is 9.53. The number of thioether (sulfide) groups is 1. The smallest absolute Gasteiger partial charge is 0.303 e. The number of carbonyl (C=O) groups is 1. The molecule has 82 valence electrons. The van der Waals surface area contributed by atoms with Crippen molar-refractivity contribution in [2.75, 3.05) is 6.26 Å². The van der Waals surface area contributed by atoms with Crippen molar-refractivity contribution in [2.24, 2.45) is 0 Å². The summed E-state index contributed by atoms with van der Waals surface area (Å²) in [5.41, 5.74) is 1.37. The van der Waals surface area contributed by atoms with Gasteiger partial charge in [0.2, 0.25) is 0 Å². The number of rotatable bonds is 4. The van der Waals surface area contributed by atoms with E-state index < -0.39 is 5.97 Å². The van der Waals surface area contributed by atoms with Crippen LogP contribution in [0.2, 0.25) is 0 Å². The molecule has 1 rings (SSSR count). The van der Waals surface area contributed by atoms with Gasteiger partial charge in [-0.2, -0.15) is 0 Å². The normalized spacial score (nSPS) is 10.3. The summed E-state index contributed by atoms with van der Waals surface area (Å²) in [7, 11) is 0. The van der Waals surface area contributed by atoms with Crippen molar-refractivity contribution in [3.63, 3.8) is 0 Å². The predicted molar refractivity (Wildman–Crippen MR) is 58.9 cm³/mol. The van der Waals surface area contributed by atoms with Gasteiger partial charge in [0.15, 0.2) is 0 Å². The molecule has 4 heteroatoms. The van der Waals surface area contributed by atoms with Crippen LogP contribution in [0.5, 0.6) is 0 Å². The van der Waals surface area contributed by atoms with E-state index in [9.17, 15) is 9.18 Å². The highest BCUT2D eigenvalue weighted by Gasteiger charge is 2.08. The number of aryl methyl sites for hydroxylation is 2. The van der Waals surface area contributed by atoms with Crippen LogP contribution in [-0.2, 0) is 11.2 Å². The summed E-state index contributed by atoms with van der Waals surface area (Å²) in [6.45, 7) is 1.84. The highest BCUT2D eigenvalue weighted by molar-refractivity contribution is 7.98. The average molecular weight is 228 g/mol. The summed E-state index contributed by atoms with van der Waals surface area (Å²) in [5.74, 6) is -1.22. The number of benzene rings is 1. The highest BCUT2D eigenvalue weighted by atomic mass is 32.2. The van der Waals surface area contributed by atoms with Gasteiger partial charge in [-0.1, -0.05) is 0 Å². The third kappa shape index (κ3) is 3.23. The maximum Gasteiger partial charge on any atom is 0.303 e. The number of carboxylic acids is 1. The van der Waals surface area contributed by atoms with Crippen LogP contribution in [0.1, 0.15) is 17.5 Å². The van der Waals surface area contributed by atoms with Gasteiger partial charge in [-0.05, 0) is 42.9 Å². The fourth-order valence-corrected chi connectivity index (χ4v) is 1.99. The molecular weight excluding hydrogens is 215 g/mol. The van der Waals surface area contributed by atoms with Crippen LogP contribution in [0.4, 0.5) is 4.39 Å². The Labute approximate surface area is 92.5 Å². The zero-order chi connectivity index (χ0) is 11.4.